The van der Waals surface area contributed by atoms with Crippen LogP contribution in [0.25, 0.3) is 0 Å². The predicted octanol–water partition coefficient (Wildman–Crippen LogP) is 4.61. The summed E-state index contributed by atoms with van der Waals surface area (Å²) in [7, 11) is 0. The summed E-state index contributed by atoms with van der Waals surface area (Å²) < 4.78 is 0. The van der Waals surface area contributed by atoms with Gasteiger partial charge in [0.1, 0.15) is 5.71 Å². The zero-order valence-electron chi connectivity index (χ0n) is 13.7. The van der Waals surface area contributed by atoms with Gasteiger partial charge in [-0.3, -0.25) is 4.90 Å². The number of nitrogens with zero attached hydrogens (tertiary/aromatic N) is 2. The number of amides is 2. The summed E-state index contributed by atoms with van der Waals surface area (Å²) in [6.07, 6.45) is 0. The normalized spacial score (nSPS) is 19.5. The Hall–Kier alpha value is -2.95. The molecule has 4 nitrogen and oxygen atoms in total. The fourth-order valence-corrected chi connectivity index (χ4v) is 3.28. The fourth-order valence-electron chi connectivity index (χ4n) is 3.15. The summed E-state index contributed by atoms with van der Waals surface area (Å²) in [6, 6.07) is 24.5. The number of carbonyl (C=O) groups is 1. The summed E-state index contributed by atoms with van der Waals surface area (Å²) in [4.78, 5) is 18.3. The molecule has 3 aromatic carbocycles. The van der Waals surface area contributed by atoms with Crippen molar-refractivity contribution in [1.29, 1.82) is 0 Å². The second-order valence-corrected chi connectivity index (χ2v) is 6.40. The Labute approximate surface area is 156 Å². The van der Waals surface area contributed by atoms with Gasteiger partial charge < -0.3 is 5.11 Å². The van der Waals surface area contributed by atoms with Crippen molar-refractivity contribution in [3.05, 3.63) is 101 Å². The molecule has 0 saturated carbocycles. The first kappa shape index (κ1) is 16.5. The Morgan fingerprint density at radius 2 is 1.42 bits per heavy atom. The lowest BCUT2D eigenvalue weighted by atomic mass is 9.91. The Morgan fingerprint density at radius 1 is 0.846 bits per heavy atom. The Kier molecular flexibility index (Phi) is 4.07. The van der Waals surface area contributed by atoms with Crippen molar-refractivity contribution >= 4 is 29.0 Å². The molecule has 0 radical (unpaired) electrons. The molecule has 4 rings (SSSR count). The van der Waals surface area contributed by atoms with E-state index in [4.69, 9.17) is 11.6 Å². The highest BCUT2D eigenvalue weighted by molar-refractivity contribution is 6.31. The van der Waals surface area contributed by atoms with Gasteiger partial charge in [-0.15, -0.1) is 0 Å². The molecule has 1 aliphatic rings. The highest BCUT2D eigenvalue weighted by Crippen LogP contribution is 2.39. The average Bonchev–Trinajstić information content (AvgIpc) is 2.95. The fraction of sp³-hybridized carbons (Fsp3) is 0.0476. The van der Waals surface area contributed by atoms with E-state index in [0.29, 0.717) is 21.8 Å². The molecular formula is C21H15ClN2O2. The number of rotatable bonds is 3. The van der Waals surface area contributed by atoms with Gasteiger partial charge in [-0.2, -0.15) is 4.99 Å². The highest BCUT2D eigenvalue weighted by atomic mass is 35.5. The van der Waals surface area contributed by atoms with Crippen LogP contribution in [0.5, 0.6) is 0 Å². The lowest BCUT2D eigenvalue weighted by Gasteiger charge is -2.34. The summed E-state index contributed by atoms with van der Waals surface area (Å²) in [5.41, 5.74) is 0.315. The molecule has 0 aromatic heterocycles. The number of anilines is 1. The van der Waals surface area contributed by atoms with Crippen LogP contribution in [-0.4, -0.2) is 16.8 Å². The van der Waals surface area contributed by atoms with E-state index >= 15 is 0 Å². The van der Waals surface area contributed by atoms with Crippen molar-refractivity contribution in [3.63, 3.8) is 0 Å². The van der Waals surface area contributed by atoms with Gasteiger partial charge in [-0.05, 0) is 24.3 Å². The van der Waals surface area contributed by atoms with Crippen molar-refractivity contribution in [2.75, 3.05) is 4.90 Å². The zero-order chi connectivity index (χ0) is 18.1. The number of hydrogen-bond donors (Lipinski definition) is 1. The zero-order valence-corrected chi connectivity index (χ0v) is 14.5. The molecule has 1 heterocycles. The third kappa shape index (κ3) is 2.60. The number of carbonyl (C=O) groups excluding carboxylic acids is 1. The maximum atomic E-state index is 12.8. The molecule has 128 valence electrons. The molecule has 1 aliphatic heterocycles. The SMILES string of the molecule is O=C1N=C(c2ccc(Cl)cc2)C(O)(c2ccccc2)N1c1ccccc1. The molecule has 5 heteroatoms. The van der Waals surface area contributed by atoms with E-state index in [1.807, 2.05) is 36.4 Å². The van der Waals surface area contributed by atoms with E-state index in [-0.39, 0.29) is 5.71 Å². The second kappa shape index (κ2) is 6.41. The lowest BCUT2D eigenvalue weighted by molar-refractivity contribution is 0.120. The number of halogens is 1. The molecule has 1 unspecified atom stereocenters. The summed E-state index contributed by atoms with van der Waals surface area (Å²) in [5, 5.41) is 12.3. The van der Waals surface area contributed by atoms with Crippen molar-refractivity contribution in [3.8, 4) is 0 Å². The Balaban J connectivity index is 1.92. The number of hydrogen-bond acceptors (Lipinski definition) is 2. The van der Waals surface area contributed by atoms with Crippen molar-refractivity contribution in [1.82, 2.24) is 0 Å². The maximum absolute atomic E-state index is 12.8. The van der Waals surface area contributed by atoms with Crippen LogP contribution in [0.15, 0.2) is 89.9 Å². The molecule has 2 amide bonds. The van der Waals surface area contributed by atoms with E-state index in [2.05, 4.69) is 4.99 Å². The number of aliphatic hydroxyl groups is 1. The lowest BCUT2D eigenvalue weighted by Crippen LogP contribution is -2.49. The molecule has 1 N–H and O–H groups in total. The largest absolute Gasteiger partial charge is 0.362 e. The average molecular weight is 363 g/mol. The third-order valence-corrected chi connectivity index (χ3v) is 4.61. The van der Waals surface area contributed by atoms with Crippen LogP contribution in [0, 0.1) is 0 Å². The van der Waals surface area contributed by atoms with Crippen LogP contribution >= 0.6 is 11.6 Å². The minimum atomic E-state index is -1.71. The highest BCUT2D eigenvalue weighted by Gasteiger charge is 2.50. The van der Waals surface area contributed by atoms with Crippen molar-refractivity contribution < 1.29 is 9.90 Å². The third-order valence-electron chi connectivity index (χ3n) is 4.36. The van der Waals surface area contributed by atoms with E-state index in [1.165, 1.54) is 4.90 Å². The van der Waals surface area contributed by atoms with Gasteiger partial charge in [0.05, 0.1) is 0 Å². The van der Waals surface area contributed by atoms with Crippen LogP contribution in [0.3, 0.4) is 0 Å². The molecule has 1 atom stereocenters. The number of benzene rings is 3. The summed E-state index contributed by atoms with van der Waals surface area (Å²) in [6.45, 7) is 0. The Morgan fingerprint density at radius 3 is 2.04 bits per heavy atom. The molecule has 0 fully saturated rings. The van der Waals surface area contributed by atoms with E-state index in [9.17, 15) is 9.90 Å². The minimum absolute atomic E-state index is 0.272. The standard InChI is InChI=1S/C21H15ClN2O2/c22-17-13-11-15(12-14-17)19-21(26,16-7-3-1-4-8-16)24(20(25)23-19)18-9-5-2-6-10-18/h1-14,26H. The van der Waals surface area contributed by atoms with Crippen molar-refractivity contribution in [2.45, 2.75) is 5.72 Å². The van der Waals surface area contributed by atoms with Crippen molar-refractivity contribution in [2.24, 2.45) is 4.99 Å². The molecular weight excluding hydrogens is 348 g/mol. The van der Waals surface area contributed by atoms with Gasteiger partial charge >= 0.3 is 6.03 Å². The number of urea groups is 1. The quantitative estimate of drug-likeness (QED) is 0.739. The van der Waals surface area contributed by atoms with Gasteiger partial charge in [0.15, 0.2) is 0 Å². The second-order valence-electron chi connectivity index (χ2n) is 5.96. The smallest absolute Gasteiger partial charge is 0.351 e. The number of para-hydroxylation sites is 1. The number of aliphatic imine (C=N–C) groups is 1. The molecule has 3 aromatic rings. The van der Waals surface area contributed by atoms with Gasteiger partial charge in [0.2, 0.25) is 5.72 Å². The first-order valence-corrected chi connectivity index (χ1v) is 8.51. The predicted molar refractivity (Wildman–Crippen MR) is 103 cm³/mol. The van der Waals surface area contributed by atoms with E-state index < -0.39 is 11.8 Å². The van der Waals surface area contributed by atoms with E-state index in [0.717, 1.165) is 0 Å². The Bertz CT molecular complexity index is 972. The van der Waals surface area contributed by atoms with Gasteiger partial charge in [0, 0.05) is 21.8 Å². The van der Waals surface area contributed by atoms with Crippen LogP contribution < -0.4 is 4.90 Å². The van der Waals surface area contributed by atoms with Gasteiger partial charge in [-0.25, -0.2) is 4.79 Å². The van der Waals surface area contributed by atoms with Gasteiger partial charge in [-0.1, -0.05) is 72.3 Å². The molecule has 0 aliphatic carbocycles. The summed E-state index contributed by atoms with van der Waals surface area (Å²) in [5.74, 6) is 0. The monoisotopic (exact) mass is 362 g/mol. The van der Waals surface area contributed by atoms with Crippen LogP contribution in [0.1, 0.15) is 11.1 Å². The van der Waals surface area contributed by atoms with Crippen LogP contribution in [0.2, 0.25) is 5.02 Å². The molecule has 0 saturated heterocycles. The topological polar surface area (TPSA) is 52.9 Å². The van der Waals surface area contributed by atoms with Crippen LogP contribution in [-0.2, 0) is 5.72 Å². The summed E-state index contributed by atoms with van der Waals surface area (Å²) >= 11 is 5.98. The molecule has 26 heavy (non-hydrogen) atoms. The molecule has 0 bridgehead atoms. The van der Waals surface area contributed by atoms with E-state index in [1.54, 1.807) is 48.5 Å². The van der Waals surface area contributed by atoms with Gasteiger partial charge in [0.25, 0.3) is 0 Å². The maximum Gasteiger partial charge on any atom is 0.351 e. The first-order valence-electron chi connectivity index (χ1n) is 8.13. The van der Waals surface area contributed by atoms with Crippen LogP contribution in [0.4, 0.5) is 10.5 Å². The minimum Gasteiger partial charge on any atom is -0.362 e. The first-order chi connectivity index (χ1) is 12.6. The molecule has 0 spiro atoms.